The number of sulfone groups is 1. The normalized spacial score (nSPS) is 19.0. The van der Waals surface area contributed by atoms with Gasteiger partial charge < -0.3 is 0 Å². The van der Waals surface area contributed by atoms with Gasteiger partial charge in [-0.05, 0) is 64.7 Å². The summed E-state index contributed by atoms with van der Waals surface area (Å²) in [7, 11) is -7.47. The molecular formula is C17H17BrFNO4S2. The third-order valence-electron chi connectivity index (χ3n) is 4.38. The van der Waals surface area contributed by atoms with Gasteiger partial charge in [-0.2, -0.15) is 4.31 Å². The number of rotatable bonds is 4. The Kier molecular flexibility index (Phi) is 5.26. The second kappa shape index (κ2) is 7.03. The minimum Gasteiger partial charge on any atom is -0.224 e. The number of sulfonamides is 1. The van der Waals surface area contributed by atoms with E-state index in [-0.39, 0.29) is 15.6 Å². The van der Waals surface area contributed by atoms with E-state index in [1.807, 2.05) is 0 Å². The molecule has 26 heavy (non-hydrogen) atoms. The number of benzene rings is 2. The van der Waals surface area contributed by atoms with Gasteiger partial charge >= 0.3 is 0 Å². The lowest BCUT2D eigenvalue weighted by Crippen LogP contribution is -2.31. The van der Waals surface area contributed by atoms with Gasteiger partial charge in [-0.25, -0.2) is 21.2 Å². The van der Waals surface area contributed by atoms with Crippen LogP contribution in [0, 0.1) is 5.82 Å². The van der Waals surface area contributed by atoms with Gasteiger partial charge in [0.1, 0.15) is 5.82 Å². The van der Waals surface area contributed by atoms with E-state index in [0.717, 1.165) is 6.26 Å². The first kappa shape index (κ1) is 19.5. The van der Waals surface area contributed by atoms with Crippen molar-refractivity contribution in [1.82, 2.24) is 4.31 Å². The van der Waals surface area contributed by atoms with E-state index in [0.29, 0.717) is 29.4 Å². The fourth-order valence-corrected chi connectivity index (χ4v) is 6.44. The molecule has 0 spiro atoms. The molecule has 0 bridgehead atoms. The van der Waals surface area contributed by atoms with Crippen LogP contribution >= 0.6 is 15.9 Å². The molecule has 9 heteroatoms. The molecule has 1 fully saturated rings. The maximum absolute atomic E-state index is 13.2. The van der Waals surface area contributed by atoms with Crippen molar-refractivity contribution in [2.45, 2.75) is 28.7 Å². The minimum atomic E-state index is -3.93. The van der Waals surface area contributed by atoms with E-state index in [2.05, 4.69) is 15.9 Å². The number of nitrogens with zero attached hydrogens (tertiary/aromatic N) is 1. The highest BCUT2D eigenvalue weighted by atomic mass is 79.9. The fourth-order valence-electron chi connectivity index (χ4n) is 3.08. The molecule has 1 aliphatic rings. The minimum absolute atomic E-state index is 0.0585. The topological polar surface area (TPSA) is 71.5 Å². The summed E-state index contributed by atoms with van der Waals surface area (Å²) in [5, 5.41) is 0. The summed E-state index contributed by atoms with van der Waals surface area (Å²) < 4.78 is 64.9. The Bertz CT molecular complexity index is 1040. The molecule has 2 aromatic carbocycles. The predicted octanol–water partition coefficient (Wildman–Crippen LogP) is 3.52. The molecule has 0 radical (unpaired) electrons. The van der Waals surface area contributed by atoms with Crippen LogP contribution in [0.25, 0.3) is 0 Å². The predicted molar refractivity (Wildman–Crippen MR) is 99.5 cm³/mol. The molecule has 0 aliphatic carbocycles. The molecule has 1 heterocycles. The zero-order valence-electron chi connectivity index (χ0n) is 13.9. The molecule has 2 aromatic rings. The van der Waals surface area contributed by atoms with Crippen LogP contribution in [0.3, 0.4) is 0 Å². The van der Waals surface area contributed by atoms with Crippen LogP contribution in [0.5, 0.6) is 0 Å². The second-order valence-corrected chi connectivity index (χ2v) is 10.9. The summed E-state index contributed by atoms with van der Waals surface area (Å²) in [6.07, 6.45) is 2.32. The lowest BCUT2D eigenvalue weighted by molar-refractivity contribution is 0.396. The van der Waals surface area contributed by atoms with Crippen LogP contribution in [0.2, 0.25) is 0 Å². The van der Waals surface area contributed by atoms with Gasteiger partial charge in [0.2, 0.25) is 10.0 Å². The van der Waals surface area contributed by atoms with E-state index >= 15 is 0 Å². The molecule has 3 rings (SSSR count). The van der Waals surface area contributed by atoms with Crippen LogP contribution in [-0.4, -0.2) is 33.9 Å². The van der Waals surface area contributed by atoms with Crippen molar-refractivity contribution in [3.63, 3.8) is 0 Å². The van der Waals surface area contributed by atoms with Gasteiger partial charge in [0.15, 0.2) is 9.84 Å². The van der Waals surface area contributed by atoms with Gasteiger partial charge in [0.25, 0.3) is 0 Å². The van der Waals surface area contributed by atoms with Crippen molar-refractivity contribution in [2.75, 3.05) is 12.8 Å². The van der Waals surface area contributed by atoms with Crippen LogP contribution < -0.4 is 0 Å². The molecule has 5 nitrogen and oxygen atoms in total. The maximum Gasteiger partial charge on any atom is 0.244 e. The van der Waals surface area contributed by atoms with Crippen LogP contribution in [-0.2, 0) is 19.9 Å². The molecule has 1 aliphatic heterocycles. The lowest BCUT2D eigenvalue weighted by Gasteiger charge is -2.25. The van der Waals surface area contributed by atoms with Crippen LogP contribution in [0.1, 0.15) is 24.4 Å². The Morgan fingerprint density at radius 2 is 1.73 bits per heavy atom. The molecule has 0 amide bonds. The summed E-state index contributed by atoms with van der Waals surface area (Å²) in [6.45, 7) is 0.319. The average molecular weight is 462 g/mol. The van der Waals surface area contributed by atoms with Crippen molar-refractivity contribution < 1.29 is 21.2 Å². The maximum atomic E-state index is 13.2. The quantitative estimate of drug-likeness (QED) is 0.697. The largest absolute Gasteiger partial charge is 0.244 e. The Balaban J connectivity index is 2.06. The second-order valence-electron chi connectivity index (χ2n) is 6.19. The SMILES string of the molecule is CS(=O)(=O)c1ccc(Br)c(S(=O)(=O)N2CCCC2c2ccc(F)cc2)c1. The molecular weight excluding hydrogens is 445 g/mol. The van der Waals surface area contributed by atoms with Crippen molar-refractivity contribution >= 4 is 35.8 Å². The first-order valence-corrected chi connectivity index (χ1v) is 12.0. The Labute approximate surface area is 160 Å². The Hall–Kier alpha value is -1.29. The number of hydrogen-bond donors (Lipinski definition) is 0. The Morgan fingerprint density at radius 3 is 2.35 bits per heavy atom. The molecule has 0 aromatic heterocycles. The monoisotopic (exact) mass is 461 g/mol. The number of halogens is 2. The highest BCUT2D eigenvalue weighted by Gasteiger charge is 2.37. The zero-order chi connectivity index (χ0) is 19.1. The van der Waals surface area contributed by atoms with Gasteiger partial charge in [0.05, 0.1) is 15.8 Å². The highest BCUT2D eigenvalue weighted by molar-refractivity contribution is 9.10. The van der Waals surface area contributed by atoms with Crippen molar-refractivity contribution in [3.8, 4) is 0 Å². The summed E-state index contributed by atoms with van der Waals surface area (Å²) in [6, 6.07) is 9.32. The molecule has 0 N–H and O–H groups in total. The van der Waals surface area contributed by atoms with Gasteiger partial charge in [-0.1, -0.05) is 12.1 Å². The smallest absolute Gasteiger partial charge is 0.224 e. The fraction of sp³-hybridized carbons (Fsp3) is 0.294. The van der Waals surface area contributed by atoms with E-state index in [9.17, 15) is 21.2 Å². The Morgan fingerprint density at radius 1 is 1.08 bits per heavy atom. The standard InChI is InChI=1S/C17H17BrFNO4S2/c1-25(21,22)14-8-9-15(18)17(11-14)26(23,24)20-10-2-3-16(20)12-4-6-13(19)7-5-12/h4-9,11,16H,2-3,10H2,1H3. The van der Waals surface area contributed by atoms with Crippen molar-refractivity contribution in [1.29, 1.82) is 0 Å². The molecule has 140 valence electrons. The summed E-state index contributed by atoms with van der Waals surface area (Å²) in [5.41, 5.74) is 0.711. The van der Waals surface area contributed by atoms with E-state index < -0.39 is 25.9 Å². The lowest BCUT2D eigenvalue weighted by atomic mass is 10.1. The first-order valence-electron chi connectivity index (χ1n) is 7.87. The zero-order valence-corrected chi connectivity index (χ0v) is 17.1. The van der Waals surface area contributed by atoms with Gasteiger partial charge in [-0.3, -0.25) is 0 Å². The first-order chi connectivity index (χ1) is 12.1. The molecule has 1 atom stereocenters. The number of hydrogen-bond acceptors (Lipinski definition) is 4. The van der Waals surface area contributed by atoms with E-state index in [1.54, 1.807) is 12.1 Å². The highest BCUT2D eigenvalue weighted by Crippen LogP contribution is 2.38. The van der Waals surface area contributed by atoms with Crippen LogP contribution in [0.15, 0.2) is 56.7 Å². The third-order valence-corrected chi connectivity index (χ3v) is 8.39. The third kappa shape index (κ3) is 3.71. The summed E-state index contributed by atoms with van der Waals surface area (Å²) >= 11 is 3.22. The van der Waals surface area contributed by atoms with E-state index in [4.69, 9.17) is 0 Å². The molecule has 1 unspecified atom stereocenters. The summed E-state index contributed by atoms with van der Waals surface area (Å²) in [5.74, 6) is -0.384. The van der Waals surface area contributed by atoms with Crippen molar-refractivity contribution in [2.24, 2.45) is 0 Å². The van der Waals surface area contributed by atoms with Gasteiger partial charge in [0, 0.05) is 17.3 Å². The summed E-state index contributed by atoms with van der Waals surface area (Å²) in [4.78, 5) is -0.147. The van der Waals surface area contributed by atoms with Crippen LogP contribution in [0.4, 0.5) is 4.39 Å². The van der Waals surface area contributed by atoms with Crippen molar-refractivity contribution in [3.05, 3.63) is 58.3 Å². The molecule has 1 saturated heterocycles. The molecule has 0 saturated carbocycles. The average Bonchev–Trinajstić information content (AvgIpc) is 3.05. The van der Waals surface area contributed by atoms with E-state index in [1.165, 1.54) is 34.6 Å². The van der Waals surface area contributed by atoms with Gasteiger partial charge in [-0.15, -0.1) is 0 Å².